The van der Waals surface area contributed by atoms with E-state index in [1.54, 1.807) is 11.6 Å². The van der Waals surface area contributed by atoms with Crippen molar-refractivity contribution in [3.05, 3.63) is 21.2 Å². The molecule has 80 valence electrons. The lowest BCUT2D eigenvalue weighted by Crippen LogP contribution is -2.35. The van der Waals surface area contributed by atoms with Gasteiger partial charge in [0.1, 0.15) is 0 Å². The Labute approximate surface area is 87.2 Å². The van der Waals surface area contributed by atoms with Crippen molar-refractivity contribution in [1.82, 2.24) is 9.88 Å². The number of nitrogens with one attached hydrogen (secondary N) is 1. The molecule has 1 aromatic heterocycles. The summed E-state index contributed by atoms with van der Waals surface area (Å²) in [6.45, 7) is 4.91. The summed E-state index contributed by atoms with van der Waals surface area (Å²) in [5.41, 5.74) is 0. The van der Waals surface area contributed by atoms with Crippen molar-refractivity contribution >= 4 is 11.3 Å². The van der Waals surface area contributed by atoms with Gasteiger partial charge in [-0.05, 0) is 0 Å². The zero-order chi connectivity index (χ0) is 10.6. The van der Waals surface area contributed by atoms with Crippen LogP contribution >= 0.6 is 11.3 Å². The van der Waals surface area contributed by atoms with E-state index < -0.39 is 6.10 Å². The van der Waals surface area contributed by atoms with E-state index in [1.807, 2.05) is 13.8 Å². The minimum absolute atomic E-state index is 0.0198. The number of aliphatic hydroxyl groups is 1. The molecule has 0 fully saturated rings. The molecule has 0 aromatic carbocycles. The van der Waals surface area contributed by atoms with Gasteiger partial charge in [-0.15, -0.1) is 0 Å². The van der Waals surface area contributed by atoms with E-state index in [9.17, 15) is 9.90 Å². The Kier molecular flexibility index (Phi) is 4.31. The first kappa shape index (κ1) is 11.4. The summed E-state index contributed by atoms with van der Waals surface area (Å²) < 4.78 is 1.53. The normalized spacial score (nSPS) is 13.4. The van der Waals surface area contributed by atoms with Gasteiger partial charge in [0.15, 0.2) is 0 Å². The third-order valence-corrected chi connectivity index (χ3v) is 2.51. The average Bonchev–Trinajstić information content (AvgIpc) is 2.49. The van der Waals surface area contributed by atoms with Crippen LogP contribution in [0.15, 0.2) is 16.4 Å². The number of hydrogen-bond acceptors (Lipinski definition) is 4. The minimum Gasteiger partial charge on any atom is -0.390 e. The maximum absolute atomic E-state index is 11.1. The molecule has 1 heterocycles. The first-order valence-electron chi connectivity index (χ1n) is 4.65. The Bertz CT molecular complexity index is 319. The van der Waals surface area contributed by atoms with Crippen LogP contribution in [0.25, 0.3) is 0 Å². The maximum atomic E-state index is 11.1. The standard InChI is InChI=1S/C9H16N2O2S/c1-7(2)10-5-8(12)6-11-3-4-14-9(11)13/h3-4,7-8,10,12H,5-6H2,1-2H3. The fraction of sp³-hybridized carbons (Fsp3) is 0.667. The highest BCUT2D eigenvalue weighted by atomic mass is 32.1. The van der Waals surface area contributed by atoms with E-state index in [2.05, 4.69) is 5.32 Å². The highest BCUT2D eigenvalue weighted by molar-refractivity contribution is 7.07. The summed E-state index contributed by atoms with van der Waals surface area (Å²) in [4.78, 5) is 11.1. The molecule has 1 rings (SSSR count). The van der Waals surface area contributed by atoms with Crippen LogP contribution in [0.2, 0.25) is 0 Å². The van der Waals surface area contributed by atoms with Gasteiger partial charge in [0.25, 0.3) is 0 Å². The lowest BCUT2D eigenvalue weighted by molar-refractivity contribution is 0.148. The van der Waals surface area contributed by atoms with Gasteiger partial charge in [-0.25, -0.2) is 0 Å². The van der Waals surface area contributed by atoms with Crippen LogP contribution in [0.3, 0.4) is 0 Å². The molecule has 0 amide bonds. The number of aromatic nitrogens is 1. The molecule has 0 aliphatic rings. The van der Waals surface area contributed by atoms with E-state index in [-0.39, 0.29) is 4.87 Å². The molecule has 0 saturated carbocycles. The predicted molar refractivity (Wildman–Crippen MR) is 57.7 cm³/mol. The second-order valence-electron chi connectivity index (χ2n) is 3.54. The monoisotopic (exact) mass is 216 g/mol. The third-order valence-electron chi connectivity index (χ3n) is 1.81. The Morgan fingerprint density at radius 3 is 2.86 bits per heavy atom. The molecule has 5 heteroatoms. The van der Waals surface area contributed by atoms with Crippen LogP contribution in [-0.2, 0) is 6.54 Å². The van der Waals surface area contributed by atoms with Gasteiger partial charge in [-0.2, -0.15) is 0 Å². The molecule has 2 N–H and O–H groups in total. The zero-order valence-corrected chi connectivity index (χ0v) is 9.25. The molecular formula is C9H16N2O2S. The lowest BCUT2D eigenvalue weighted by atomic mass is 10.3. The van der Waals surface area contributed by atoms with Gasteiger partial charge in [0.2, 0.25) is 0 Å². The smallest absolute Gasteiger partial charge is 0.307 e. The molecule has 0 saturated heterocycles. The van der Waals surface area contributed by atoms with Crippen LogP contribution < -0.4 is 10.2 Å². The van der Waals surface area contributed by atoms with E-state index in [4.69, 9.17) is 0 Å². The highest BCUT2D eigenvalue weighted by Crippen LogP contribution is 1.93. The van der Waals surface area contributed by atoms with Gasteiger partial charge in [-0.1, -0.05) is 25.2 Å². The van der Waals surface area contributed by atoms with Gasteiger partial charge >= 0.3 is 4.87 Å². The van der Waals surface area contributed by atoms with Gasteiger partial charge in [0.05, 0.1) is 12.6 Å². The molecule has 1 aromatic rings. The molecule has 0 aliphatic carbocycles. The summed E-state index contributed by atoms with van der Waals surface area (Å²) in [6.07, 6.45) is 1.19. The second-order valence-corrected chi connectivity index (χ2v) is 4.40. The minimum atomic E-state index is -0.510. The van der Waals surface area contributed by atoms with Crippen LogP contribution in [0.4, 0.5) is 0 Å². The Hall–Kier alpha value is -0.650. The van der Waals surface area contributed by atoms with Gasteiger partial charge < -0.3 is 15.0 Å². The van der Waals surface area contributed by atoms with Crippen LogP contribution in [0.1, 0.15) is 13.8 Å². The lowest BCUT2D eigenvalue weighted by Gasteiger charge is -2.13. The topological polar surface area (TPSA) is 54.3 Å². The van der Waals surface area contributed by atoms with E-state index >= 15 is 0 Å². The summed E-state index contributed by atoms with van der Waals surface area (Å²) in [5, 5.41) is 14.4. The molecule has 1 unspecified atom stereocenters. The molecule has 0 radical (unpaired) electrons. The van der Waals surface area contributed by atoms with Crippen molar-refractivity contribution in [2.24, 2.45) is 0 Å². The first-order chi connectivity index (χ1) is 6.59. The van der Waals surface area contributed by atoms with Crippen molar-refractivity contribution < 1.29 is 5.11 Å². The van der Waals surface area contributed by atoms with Crippen molar-refractivity contribution in [2.45, 2.75) is 32.5 Å². The Morgan fingerprint density at radius 1 is 1.64 bits per heavy atom. The van der Waals surface area contributed by atoms with Gasteiger partial charge in [-0.3, -0.25) is 4.79 Å². The van der Waals surface area contributed by atoms with Crippen molar-refractivity contribution in [1.29, 1.82) is 0 Å². The number of nitrogens with zero attached hydrogens (tertiary/aromatic N) is 1. The summed E-state index contributed by atoms with van der Waals surface area (Å²) in [5.74, 6) is 0. The van der Waals surface area contributed by atoms with Crippen LogP contribution in [0.5, 0.6) is 0 Å². The predicted octanol–water partition coefficient (Wildman–Crippen LogP) is 0.269. The molecule has 1 atom stereocenters. The third kappa shape index (κ3) is 3.61. The summed E-state index contributed by atoms with van der Waals surface area (Å²) in [6, 6.07) is 0.351. The molecule has 0 bridgehead atoms. The average molecular weight is 216 g/mol. The summed E-state index contributed by atoms with van der Waals surface area (Å²) in [7, 11) is 0. The first-order valence-corrected chi connectivity index (χ1v) is 5.53. The number of thiazole rings is 1. The quantitative estimate of drug-likeness (QED) is 0.743. The molecule has 0 spiro atoms. The largest absolute Gasteiger partial charge is 0.390 e. The second kappa shape index (κ2) is 5.29. The summed E-state index contributed by atoms with van der Waals surface area (Å²) >= 11 is 1.15. The highest BCUT2D eigenvalue weighted by Gasteiger charge is 2.06. The maximum Gasteiger partial charge on any atom is 0.307 e. The van der Waals surface area contributed by atoms with E-state index in [0.29, 0.717) is 19.1 Å². The van der Waals surface area contributed by atoms with Gasteiger partial charge in [0, 0.05) is 24.2 Å². The molecular weight excluding hydrogens is 200 g/mol. The zero-order valence-electron chi connectivity index (χ0n) is 8.43. The Morgan fingerprint density at radius 2 is 2.36 bits per heavy atom. The van der Waals surface area contributed by atoms with E-state index in [0.717, 1.165) is 11.3 Å². The SMILES string of the molecule is CC(C)NCC(O)Cn1ccsc1=O. The molecule has 0 aliphatic heterocycles. The number of hydrogen-bond donors (Lipinski definition) is 2. The molecule has 4 nitrogen and oxygen atoms in total. The fourth-order valence-electron chi connectivity index (χ4n) is 1.09. The van der Waals surface area contributed by atoms with Crippen molar-refractivity contribution in [3.8, 4) is 0 Å². The van der Waals surface area contributed by atoms with Crippen molar-refractivity contribution in [2.75, 3.05) is 6.54 Å². The molecule has 14 heavy (non-hydrogen) atoms. The van der Waals surface area contributed by atoms with Crippen molar-refractivity contribution in [3.63, 3.8) is 0 Å². The Balaban J connectivity index is 2.38. The van der Waals surface area contributed by atoms with E-state index in [1.165, 1.54) is 4.57 Å². The number of aliphatic hydroxyl groups excluding tert-OH is 1. The van der Waals surface area contributed by atoms with Crippen LogP contribution in [-0.4, -0.2) is 28.4 Å². The fourth-order valence-corrected chi connectivity index (χ4v) is 1.68. The van der Waals surface area contributed by atoms with Crippen LogP contribution in [0, 0.1) is 0 Å². The number of rotatable bonds is 5.